The van der Waals surface area contributed by atoms with Crippen LogP contribution in [0, 0.1) is 0 Å². The van der Waals surface area contributed by atoms with Gasteiger partial charge in [-0.15, -0.1) is 11.3 Å². The van der Waals surface area contributed by atoms with E-state index in [0.717, 1.165) is 15.0 Å². The number of rotatable bonds is 6. The summed E-state index contributed by atoms with van der Waals surface area (Å²) in [5.74, 6) is -0.523. The fraction of sp³-hybridized carbons (Fsp3) is 0.200. The molecule has 9 heteroatoms. The number of carbonyl (C=O) groups is 2. The number of hydrogen-bond donors (Lipinski definition) is 0. The third-order valence-electron chi connectivity index (χ3n) is 4.76. The first-order valence-electron chi connectivity index (χ1n) is 8.97. The quantitative estimate of drug-likeness (QED) is 0.487. The molecule has 150 valence electrons. The zero-order chi connectivity index (χ0) is 20.6. The standard InChI is InChI=1S/C20H17BrN2O4S2/c21-19-15-8-4-5-9-16(15)28-20(19)23(13-12-22-17(24)10-11-18(22)25)29(26,27)14-6-2-1-3-7-14/h1-9H,10-13H2. The van der Waals surface area contributed by atoms with E-state index in [1.165, 1.54) is 27.8 Å². The van der Waals surface area contributed by atoms with Crippen LogP contribution >= 0.6 is 27.3 Å². The Balaban J connectivity index is 1.77. The summed E-state index contributed by atoms with van der Waals surface area (Å²) in [6.45, 7) is 0.00451. The Morgan fingerprint density at radius 3 is 2.24 bits per heavy atom. The number of nitrogens with zero attached hydrogens (tertiary/aromatic N) is 2. The number of likely N-dealkylation sites (tertiary alicyclic amines) is 1. The topological polar surface area (TPSA) is 74.8 Å². The number of thiophene rings is 1. The highest BCUT2D eigenvalue weighted by Crippen LogP contribution is 2.43. The molecule has 6 nitrogen and oxygen atoms in total. The second kappa shape index (κ2) is 7.89. The minimum absolute atomic E-state index is 0.0138. The molecule has 2 aromatic carbocycles. The van der Waals surface area contributed by atoms with Gasteiger partial charge in [-0.3, -0.25) is 18.8 Å². The van der Waals surface area contributed by atoms with E-state index in [1.54, 1.807) is 18.2 Å². The van der Waals surface area contributed by atoms with Gasteiger partial charge in [0.1, 0.15) is 5.00 Å². The van der Waals surface area contributed by atoms with Gasteiger partial charge in [0.25, 0.3) is 10.0 Å². The van der Waals surface area contributed by atoms with Gasteiger partial charge in [-0.2, -0.15) is 0 Å². The smallest absolute Gasteiger partial charge is 0.265 e. The number of anilines is 1. The summed E-state index contributed by atoms with van der Waals surface area (Å²) < 4.78 is 29.8. The fourth-order valence-electron chi connectivity index (χ4n) is 3.28. The summed E-state index contributed by atoms with van der Waals surface area (Å²) >= 11 is 4.90. The second-order valence-corrected chi connectivity index (χ2v) is 10.2. The van der Waals surface area contributed by atoms with Gasteiger partial charge in [0.2, 0.25) is 11.8 Å². The summed E-state index contributed by atoms with van der Waals surface area (Å²) in [4.78, 5) is 25.3. The van der Waals surface area contributed by atoms with Crippen molar-refractivity contribution in [2.45, 2.75) is 17.7 Å². The highest BCUT2D eigenvalue weighted by atomic mass is 79.9. The first kappa shape index (κ1) is 20.1. The number of imide groups is 1. The summed E-state index contributed by atoms with van der Waals surface area (Å²) in [6, 6.07) is 15.8. The molecule has 1 fully saturated rings. The molecule has 2 amide bonds. The lowest BCUT2D eigenvalue weighted by Gasteiger charge is -2.25. The van der Waals surface area contributed by atoms with E-state index in [-0.39, 0.29) is 42.6 Å². The van der Waals surface area contributed by atoms with Crippen LogP contribution in [-0.2, 0) is 19.6 Å². The Bertz CT molecular complexity index is 1180. The van der Waals surface area contributed by atoms with E-state index < -0.39 is 10.0 Å². The molecule has 0 atom stereocenters. The second-order valence-electron chi connectivity index (χ2n) is 6.55. The van der Waals surface area contributed by atoms with Gasteiger partial charge in [-0.05, 0) is 34.1 Å². The third kappa shape index (κ3) is 3.70. The molecular formula is C20H17BrN2O4S2. The number of hydrogen-bond acceptors (Lipinski definition) is 5. The van der Waals surface area contributed by atoms with Crippen LogP contribution in [-0.4, -0.2) is 38.2 Å². The highest BCUT2D eigenvalue weighted by Gasteiger charge is 2.33. The van der Waals surface area contributed by atoms with Crippen molar-refractivity contribution in [3.63, 3.8) is 0 Å². The Hall–Kier alpha value is -2.23. The van der Waals surface area contributed by atoms with Crippen molar-refractivity contribution in [2.75, 3.05) is 17.4 Å². The molecule has 4 rings (SSSR count). The minimum Gasteiger partial charge on any atom is -0.281 e. The fourth-order valence-corrected chi connectivity index (χ4v) is 7.15. The van der Waals surface area contributed by atoms with Crippen molar-refractivity contribution in [3.05, 3.63) is 59.1 Å². The van der Waals surface area contributed by atoms with Crippen LogP contribution < -0.4 is 4.31 Å². The van der Waals surface area contributed by atoms with Crippen LogP contribution in [0.5, 0.6) is 0 Å². The Morgan fingerprint density at radius 1 is 0.966 bits per heavy atom. The third-order valence-corrected chi connectivity index (χ3v) is 8.95. The molecule has 0 spiro atoms. The van der Waals surface area contributed by atoms with Gasteiger partial charge < -0.3 is 0 Å². The summed E-state index contributed by atoms with van der Waals surface area (Å²) in [5, 5.41) is 1.43. The van der Waals surface area contributed by atoms with Crippen molar-refractivity contribution in [1.29, 1.82) is 0 Å². The maximum atomic E-state index is 13.5. The molecule has 0 aliphatic carbocycles. The van der Waals surface area contributed by atoms with Crippen molar-refractivity contribution in [1.82, 2.24) is 4.90 Å². The van der Waals surface area contributed by atoms with E-state index in [4.69, 9.17) is 0 Å². The maximum Gasteiger partial charge on any atom is 0.265 e. The predicted octanol–water partition coefficient (Wildman–Crippen LogP) is 4.01. The van der Waals surface area contributed by atoms with Crippen molar-refractivity contribution < 1.29 is 18.0 Å². The first-order valence-corrected chi connectivity index (χ1v) is 12.0. The van der Waals surface area contributed by atoms with Crippen molar-refractivity contribution >= 4 is 64.2 Å². The number of fused-ring (bicyclic) bond motifs is 1. The van der Waals surface area contributed by atoms with Crippen LogP contribution in [0.3, 0.4) is 0 Å². The van der Waals surface area contributed by atoms with Gasteiger partial charge in [0, 0.05) is 29.5 Å². The maximum absolute atomic E-state index is 13.5. The molecule has 1 aromatic heterocycles. The van der Waals surface area contributed by atoms with Crippen molar-refractivity contribution in [2.24, 2.45) is 0 Å². The zero-order valence-electron chi connectivity index (χ0n) is 15.2. The first-order chi connectivity index (χ1) is 13.9. The van der Waals surface area contributed by atoms with Gasteiger partial charge in [-0.25, -0.2) is 8.42 Å². The Morgan fingerprint density at radius 2 is 1.59 bits per heavy atom. The molecule has 29 heavy (non-hydrogen) atoms. The number of sulfonamides is 1. The lowest BCUT2D eigenvalue weighted by molar-refractivity contribution is -0.138. The largest absolute Gasteiger partial charge is 0.281 e. The van der Waals surface area contributed by atoms with E-state index in [9.17, 15) is 18.0 Å². The van der Waals surface area contributed by atoms with Crippen LogP contribution in [0.2, 0.25) is 0 Å². The van der Waals surface area contributed by atoms with Crippen molar-refractivity contribution in [3.8, 4) is 0 Å². The molecule has 1 saturated heterocycles. The van der Waals surface area contributed by atoms with E-state index in [2.05, 4.69) is 15.9 Å². The Labute approximate surface area is 180 Å². The molecule has 1 aliphatic heterocycles. The lowest BCUT2D eigenvalue weighted by atomic mass is 10.3. The van der Waals surface area contributed by atoms with Gasteiger partial charge in [0.15, 0.2) is 0 Å². The van der Waals surface area contributed by atoms with E-state index in [1.807, 2.05) is 24.3 Å². The molecule has 0 N–H and O–H groups in total. The minimum atomic E-state index is -3.89. The molecule has 0 bridgehead atoms. The Kier molecular flexibility index (Phi) is 5.46. The van der Waals surface area contributed by atoms with E-state index in [0.29, 0.717) is 9.47 Å². The van der Waals surface area contributed by atoms with Crippen LogP contribution in [0.25, 0.3) is 10.1 Å². The number of carbonyl (C=O) groups excluding carboxylic acids is 2. The zero-order valence-corrected chi connectivity index (χ0v) is 18.5. The molecule has 3 aromatic rings. The van der Waals surface area contributed by atoms with Gasteiger partial charge >= 0.3 is 0 Å². The average Bonchev–Trinajstić information content (AvgIpc) is 3.22. The number of amides is 2. The predicted molar refractivity (Wildman–Crippen MR) is 116 cm³/mol. The average molecular weight is 493 g/mol. The van der Waals surface area contributed by atoms with Gasteiger partial charge in [-0.1, -0.05) is 36.4 Å². The molecule has 0 radical (unpaired) electrons. The molecule has 1 aliphatic rings. The molecular weight excluding hydrogens is 476 g/mol. The molecule has 0 unspecified atom stereocenters. The van der Waals surface area contributed by atoms with Crippen LogP contribution in [0.1, 0.15) is 12.8 Å². The molecule has 0 saturated carbocycles. The monoisotopic (exact) mass is 492 g/mol. The normalized spacial score (nSPS) is 14.7. The number of halogens is 1. The van der Waals surface area contributed by atoms with E-state index >= 15 is 0 Å². The number of benzene rings is 2. The van der Waals surface area contributed by atoms with Gasteiger partial charge in [0.05, 0.1) is 15.9 Å². The highest BCUT2D eigenvalue weighted by molar-refractivity contribution is 9.10. The summed E-state index contributed by atoms with van der Waals surface area (Å²) in [5.41, 5.74) is 0. The lowest BCUT2D eigenvalue weighted by Crippen LogP contribution is -2.40. The molecule has 2 heterocycles. The summed E-state index contributed by atoms with van der Waals surface area (Å²) in [7, 11) is -3.89. The summed E-state index contributed by atoms with van der Waals surface area (Å²) in [6.07, 6.45) is 0.355. The van der Waals surface area contributed by atoms with Crippen LogP contribution in [0.15, 0.2) is 64.0 Å². The van der Waals surface area contributed by atoms with Crippen LogP contribution in [0.4, 0.5) is 5.00 Å². The SMILES string of the molecule is O=C1CCC(=O)N1CCN(c1sc2ccccc2c1Br)S(=O)(=O)c1ccccc1.